The maximum absolute atomic E-state index is 12.0. The van der Waals surface area contributed by atoms with Gasteiger partial charge in [0.25, 0.3) is 0 Å². The molecule has 0 saturated heterocycles. The number of hydrogen-bond donors (Lipinski definition) is 3. The number of carbonyl (C=O) groups is 1. The van der Waals surface area contributed by atoms with E-state index in [1.165, 1.54) is 12.1 Å². The van der Waals surface area contributed by atoms with Crippen molar-refractivity contribution in [1.29, 1.82) is 0 Å². The predicted octanol–water partition coefficient (Wildman–Crippen LogP) is 0.00282. The summed E-state index contributed by atoms with van der Waals surface area (Å²) in [4.78, 5) is 10.6. The molecule has 0 aromatic heterocycles. The van der Waals surface area contributed by atoms with E-state index in [1.807, 2.05) is 0 Å². The lowest BCUT2D eigenvalue weighted by atomic mass is 10.1. The van der Waals surface area contributed by atoms with E-state index in [-0.39, 0.29) is 23.0 Å². The molecule has 0 saturated carbocycles. The molecule has 0 radical (unpaired) electrons. The molecule has 5 N–H and O–H groups in total. The Morgan fingerprint density at radius 3 is 2.55 bits per heavy atom. The van der Waals surface area contributed by atoms with E-state index >= 15 is 0 Å². The second-order valence-corrected chi connectivity index (χ2v) is 6.11. The highest BCUT2D eigenvalue weighted by Crippen LogP contribution is 2.15. The third-order valence-corrected chi connectivity index (χ3v) is 4.09. The lowest BCUT2D eigenvalue weighted by molar-refractivity contribution is 0.159. The first-order valence-electron chi connectivity index (χ1n) is 5.56. The summed E-state index contributed by atoms with van der Waals surface area (Å²) >= 11 is 4.85. The summed E-state index contributed by atoms with van der Waals surface area (Å²) in [7, 11) is -3.69. The van der Waals surface area contributed by atoms with Crippen LogP contribution < -0.4 is 16.2 Å². The van der Waals surface area contributed by atoms with E-state index in [9.17, 15) is 13.2 Å². The van der Waals surface area contributed by atoms with Crippen LogP contribution in [0.15, 0.2) is 23.1 Å². The summed E-state index contributed by atoms with van der Waals surface area (Å²) in [6, 6.07) is 4.41. The number of rotatable bonds is 6. The lowest BCUT2D eigenvalue weighted by Crippen LogP contribution is -2.29. The van der Waals surface area contributed by atoms with E-state index in [0.717, 1.165) is 0 Å². The molecule has 0 bridgehead atoms. The minimum absolute atomic E-state index is 0.0681. The highest BCUT2D eigenvalue weighted by atomic mass is 32.2. The van der Waals surface area contributed by atoms with Gasteiger partial charge in [0.15, 0.2) is 0 Å². The van der Waals surface area contributed by atoms with Gasteiger partial charge in [-0.15, -0.1) is 0 Å². The molecule has 110 valence electrons. The van der Waals surface area contributed by atoms with Crippen LogP contribution in [0.2, 0.25) is 0 Å². The topological polar surface area (TPSA) is 125 Å². The fourth-order valence-electron chi connectivity index (χ4n) is 1.49. The number of sulfonamides is 1. The maximum Gasteiger partial charge on any atom is 0.404 e. The van der Waals surface area contributed by atoms with Gasteiger partial charge in [-0.25, -0.2) is 17.9 Å². The Kier molecular flexibility index (Phi) is 5.43. The largest absolute Gasteiger partial charge is 0.448 e. The van der Waals surface area contributed by atoms with Crippen molar-refractivity contribution in [2.24, 2.45) is 11.5 Å². The Hall–Kier alpha value is -1.71. The Labute approximate surface area is 122 Å². The van der Waals surface area contributed by atoms with Crippen LogP contribution in [0.5, 0.6) is 0 Å². The fraction of sp³-hybridized carbons (Fsp3) is 0.273. The van der Waals surface area contributed by atoms with Gasteiger partial charge < -0.3 is 16.2 Å². The van der Waals surface area contributed by atoms with Crippen molar-refractivity contribution in [3.63, 3.8) is 0 Å². The minimum Gasteiger partial charge on any atom is -0.448 e. The first-order valence-corrected chi connectivity index (χ1v) is 7.45. The monoisotopic (exact) mass is 317 g/mol. The average Bonchev–Trinajstić information content (AvgIpc) is 2.34. The molecule has 0 aliphatic carbocycles. The minimum atomic E-state index is -3.69. The number of hydrogen-bond acceptors (Lipinski definition) is 5. The summed E-state index contributed by atoms with van der Waals surface area (Å²) in [5, 5.41) is 0. The van der Waals surface area contributed by atoms with Crippen molar-refractivity contribution >= 4 is 33.3 Å². The van der Waals surface area contributed by atoms with E-state index in [1.54, 1.807) is 13.0 Å². The molecule has 0 aliphatic heterocycles. The Bertz CT molecular complexity index is 629. The highest BCUT2D eigenvalue weighted by molar-refractivity contribution is 7.89. The third-order valence-electron chi connectivity index (χ3n) is 2.41. The smallest absolute Gasteiger partial charge is 0.404 e. The molecular formula is C11H15N3O4S2. The van der Waals surface area contributed by atoms with E-state index in [4.69, 9.17) is 23.7 Å². The van der Waals surface area contributed by atoms with Gasteiger partial charge in [0.1, 0.15) is 11.6 Å². The van der Waals surface area contributed by atoms with Crippen molar-refractivity contribution in [2.45, 2.75) is 11.8 Å². The lowest BCUT2D eigenvalue weighted by Gasteiger charge is -2.09. The van der Waals surface area contributed by atoms with Crippen LogP contribution in [-0.2, 0) is 14.8 Å². The molecule has 1 amide bonds. The van der Waals surface area contributed by atoms with E-state index in [2.05, 4.69) is 9.46 Å². The maximum atomic E-state index is 12.0. The van der Waals surface area contributed by atoms with Crippen LogP contribution in [-0.4, -0.2) is 32.7 Å². The quantitative estimate of drug-likeness (QED) is 0.501. The second-order valence-electron chi connectivity index (χ2n) is 3.91. The zero-order valence-electron chi connectivity index (χ0n) is 10.8. The number of nitrogens with one attached hydrogen (secondary N) is 1. The van der Waals surface area contributed by atoms with Gasteiger partial charge in [-0.1, -0.05) is 18.3 Å². The standard InChI is InChI=1S/C11H15N3O4S2/c1-7-6-8(2-3-9(7)10(12)19)20(16,17)14-4-5-18-11(13)15/h2-3,6,14H,4-5H2,1H3,(H2,12,19)(H2,13,15). The van der Waals surface area contributed by atoms with Gasteiger partial charge >= 0.3 is 6.09 Å². The summed E-state index contributed by atoms with van der Waals surface area (Å²) < 4.78 is 30.6. The van der Waals surface area contributed by atoms with Gasteiger partial charge in [0.05, 0.1) is 4.90 Å². The highest BCUT2D eigenvalue weighted by Gasteiger charge is 2.15. The summed E-state index contributed by atoms with van der Waals surface area (Å²) in [5.41, 5.74) is 11.5. The Morgan fingerprint density at radius 2 is 2.05 bits per heavy atom. The Morgan fingerprint density at radius 1 is 1.40 bits per heavy atom. The molecule has 0 atom stereocenters. The molecule has 20 heavy (non-hydrogen) atoms. The first kappa shape index (κ1) is 16.3. The van der Waals surface area contributed by atoms with Crippen LogP contribution in [0.3, 0.4) is 0 Å². The molecule has 0 spiro atoms. The molecule has 9 heteroatoms. The van der Waals surface area contributed by atoms with E-state index in [0.29, 0.717) is 11.1 Å². The van der Waals surface area contributed by atoms with Crippen LogP contribution in [0.1, 0.15) is 11.1 Å². The fourth-order valence-corrected chi connectivity index (χ4v) is 2.82. The zero-order chi connectivity index (χ0) is 15.3. The molecule has 1 rings (SSSR count). The summed E-state index contributed by atoms with van der Waals surface area (Å²) in [6.45, 7) is 1.50. The number of carbonyl (C=O) groups excluding carboxylic acids is 1. The second kappa shape index (κ2) is 6.64. The van der Waals surface area contributed by atoms with Gasteiger partial charge in [-0.05, 0) is 24.6 Å². The van der Waals surface area contributed by atoms with Crippen molar-refractivity contribution in [3.8, 4) is 0 Å². The predicted molar refractivity (Wildman–Crippen MR) is 77.8 cm³/mol. The number of thiocarbonyl (C=S) groups is 1. The molecule has 0 unspecified atom stereocenters. The van der Waals surface area contributed by atoms with Crippen molar-refractivity contribution in [2.75, 3.05) is 13.2 Å². The average molecular weight is 317 g/mol. The molecule has 0 fully saturated rings. The number of primary amides is 1. The molecule has 0 aliphatic rings. The van der Waals surface area contributed by atoms with Crippen molar-refractivity contribution < 1.29 is 17.9 Å². The van der Waals surface area contributed by atoms with E-state index < -0.39 is 16.1 Å². The summed E-state index contributed by atoms with van der Waals surface area (Å²) in [5.74, 6) is 0. The van der Waals surface area contributed by atoms with Gasteiger partial charge in [-0.3, -0.25) is 0 Å². The van der Waals surface area contributed by atoms with Gasteiger partial charge in [-0.2, -0.15) is 0 Å². The van der Waals surface area contributed by atoms with Crippen molar-refractivity contribution in [1.82, 2.24) is 4.72 Å². The first-order chi connectivity index (χ1) is 9.24. The number of aryl methyl sites for hydroxylation is 1. The molecular weight excluding hydrogens is 302 g/mol. The van der Waals surface area contributed by atoms with Crippen molar-refractivity contribution in [3.05, 3.63) is 29.3 Å². The Balaban J connectivity index is 2.80. The number of benzene rings is 1. The number of ether oxygens (including phenoxy) is 1. The molecule has 1 aromatic carbocycles. The zero-order valence-corrected chi connectivity index (χ0v) is 12.4. The van der Waals surface area contributed by atoms with Gasteiger partial charge in [0, 0.05) is 12.1 Å². The number of nitrogens with two attached hydrogens (primary N) is 2. The van der Waals surface area contributed by atoms with Gasteiger partial charge in [0.2, 0.25) is 10.0 Å². The molecule has 0 heterocycles. The molecule has 7 nitrogen and oxygen atoms in total. The van der Waals surface area contributed by atoms with Crippen LogP contribution >= 0.6 is 12.2 Å². The SMILES string of the molecule is Cc1cc(S(=O)(=O)NCCOC(N)=O)ccc1C(N)=S. The van der Waals surface area contributed by atoms with Crippen LogP contribution in [0, 0.1) is 6.92 Å². The van der Waals surface area contributed by atoms with Crippen LogP contribution in [0.25, 0.3) is 0 Å². The van der Waals surface area contributed by atoms with Crippen LogP contribution in [0.4, 0.5) is 4.79 Å². The number of amides is 1. The molecule has 1 aromatic rings. The third kappa shape index (κ3) is 4.44. The normalized spacial score (nSPS) is 11.1. The summed E-state index contributed by atoms with van der Waals surface area (Å²) in [6.07, 6.45) is -0.958.